The Labute approximate surface area is 138 Å². The molecule has 3 rings (SSSR count). The maximum absolute atomic E-state index is 12.3. The summed E-state index contributed by atoms with van der Waals surface area (Å²) in [5, 5.41) is 3.11. The minimum absolute atomic E-state index is 0.00719. The fourth-order valence-corrected chi connectivity index (χ4v) is 2.93. The van der Waals surface area contributed by atoms with E-state index in [1.54, 1.807) is 4.90 Å². The number of urea groups is 1. The summed E-state index contributed by atoms with van der Waals surface area (Å²) in [5.41, 5.74) is 3.91. The fourth-order valence-electron chi connectivity index (χ4n) is 2.93. The van der Waals surface area contributed by atoms with Gasteiger partial charge in [0.15, 0.2) is 0 Å². The number of nitrogens with one attached hydrogen (secondary N) is 1. The van der Waals surface area contributed by atoms with Gasteiger partial charge in [-0.3, -0.25) is 0 Å². The number of hydrogen-bond acceptors (Lipinski definition) is 1. The highest BCUT2D eigenvalue weighted by molar-refractivity contribution is 5.74. The third kappa shape index (κ3) is 3.73. The Bertz CT molecular complexity index is 660. The zero-order valence-electron chi connectivity index (χ0n) is 13.9. The molecule has 1 N–H and O–H groups in total. The molecule has 0 aromatic heterocycles. The minimum Gasteiger partial charge on any atom is -0.337 e. The standard InChI is InChI=1S/C20H24N2O/c1-16-8-10-18(11-9-16)20(12-13-20)15-21-19(23)22(2)14-17-6-4-3-5-7-17/h3-11H,12-15H2,1-2H3,(H,21,23). The lowest BCUT2D eigenvalue weighted by molar-refractivity contribution is 0.206. The van der Waals surface area contributed by atoms with Gasteiger partial charge < -0.3 is 10.2 Å². The van der Waals surface area contributed by atoms with Crippen molar-refractivity contribution in [3.63, 3.8) is 0 Å². The van der Waals surface area contributed by atoms with Gasteiger partial charge in [0.25, 0.3) is 0 Å². The molecule has 1 saturated carbocycles. The summed E-state index contributed by atoms with van der Waals surface area (Å²) in [5.74, 6) is 0. The molecule has 0 spiro atoms. The van der Waals surface area contributed by atoms with Crippen LogP contribution in [-0.2, 0) is 12.0 Å². The van der Waals surface area contributed by atoms with Crippen molar-refractivity contribution in [2.45, 2.75) is 31.7 Å². The molecule has 2 amide bonds. The van der Waals surface area contributed by atoms with Gasteiger partial charge in [0.05, 0.1) is 0 Å². The molecule has 120 valence electrons. The molecule has 0 heterocycles. The van der Waals surface area contributed by atoms with E-state index in [9.17, 15) is 4.79 Å². The van der Waals surface area contributed by atoms with E-state index in [1.807, 2.05) is 37.4 Å². The second-order valence-electron chi connectivity index (χ2n) is 6.65. The van der Waals surface area contributed by atoms with Gasteiger partial charge in [-0.25, -0.2) is 4.79 Å². The van der Waals surface area contributed by atoms with Gasteiger partial charge in [0.1, 0.15) is 0 Å². The molecule has 1 aliphatic rings. The lowest BCUT2D eigenvalue weighted by Crippen LogP contribution is -2.40. The third-order valence-corrected chi connectivity index (χ3v) is 4.70. The van der Waals surface area contributed by atoms with E-state index < -0.39 is 0 Å². The van der Waals surface area contributed by atoms with Crippen LogP contribution < -0.4 is 5.32 Å². The van der Waals surface area contributed by atoms with Gasteiger partial charge in [-0.05, 0) is 30.9 Å². The average molecular weight is 308 g/mol. The summed E-state index contributed by atoms with van der Waals surface area (Å²) >= 11 is 0. The first-order valence-electron chi connectivity index (χ1n) is 8.19. The molecule has 0 aliphatic heterocycles. The van der Waals surface area contributed by atoms with E-state index >= 15 is 0 Å². The van der Waals surface area contributed by atoms with Crippen molar-refractivity contribution in [1.29, 1.82) is 0 Å². The van der Waals surface area contributed by atoms with Crippen LogP contribution in [0.25, 0.3) is 0 Å². The van der Waals surface area contributed by atoms with Crippen LogP contribution in [0.2, 0.25) is 0 Å². The van der Waals surface area contributed by atoms with Gasteiger partial charge in [-0.15, -0.1) is 0 Å². The molecule has 3 nitrogen and oxygen atoms in total. The number of aryl methyl sites for hydroxylation is 1. The normalized spacial score (nSPS) is 15.0. The maximum atomic E-state index is 12.3. The quantitative estimate of drug-likeness (QED) is 0.893. The van der Waals surface area contributed by atoms with Crippen LogP contribution in [0.4, 0.5) is 4.79 Å². The van der Waals surface area contributed by atoms with Gasteiger partial charge in [0, 0.05) is 25.6 Å². The highest BCUT2D eigenvalue weighted by Crippen LogP contribution is 2.47. The lowest BCUT2D eigenvalue weighted by Gasteiger charge is -2.21. The van der Waals surface area contributed by atoms with E-state index in [-0.39, 0.29) is 11.4 Å². The molecular weight excluding hydrogens is 284 g/mol. The molecule has 0 atom stereocenters. The van der Waals surface area contributed by atoms with E-state index in [0.717, 1.165) is 18.4 Å². The van der Waals surface area contributed by atoms with Crippen molar-refractivity contribution in [3.05, 3.63) is 71.3 Å². The average Bonchev–Trinajstić information content (AvgIpc) is 3.35. The van der Waals surface area contributed by atoms with Crippen LogP contribution in [-0.4, -0.2) is 24.5 Å². The second-order valence-corrected chi connectivity index (χ2v) is 6.65. The van der Waals surface area contributed by atoms with Gasteiger partial charge in [0.2, 0.25) is 0 Å². The summed E-state index contributed by atoms with van der Waals surface area (Å²) in [6.45, 7) is 3.45. The number of hydrogen-bond donors (Lipinski definition) is 1. The first kappa shape index (κ1) is 15.6. The zero-order valence-corrected chi connectivity index (χ0v) is 13.9. The molecule has 2 aromatic carbocycles. The minimum atomic E-state index is -0.00719. The Balaban J connectivity index is 1.55. The largest absolute Gasteiger partial charge is 0.337 e. The van der Waals surface area contributed by atoms with Gasteiger partial charge >= 0.3 is 6.03 Å². The molecule has 1 fully saturated rings. The topological polar surface area (TPSA) is 32.3 Å². The lowest BCUT2D eigenvalue weighted by atomic mass is 9.95. The van der Waals surface area contributed by atoms with E-state index in [1.165, 1.54) is 11.1 Å². The zero-order chi connectivity index (χ0) is 16.3. The number of carbonyl (C=O) groups is 1. The fraction of sp³-hybridized carbons (Fsp3) is 0.350. The first-order valence-corrected chi connectivity index (χ1v) is 8.19. The van der Waals surface area contributed by atoms with Crippen molar-refractivity contribution in [3.8, 4) is 0 Å². The smallest absolute Gasteiger partial charge is 0.317 e. The molecule has 0 bridgehead atoms. The third-order valence-electron chi connectivity index (χ3n) is 4.70. The number of rotatable bonds is 5. The van der Waals surface area contributed by atoms with Crippen molar-refractivity contribution in [2.24, 2.45) is 0 Å². The van der Waals surface area contributed by atoms with Crippen molar-refractivity contribution >= 4 is 6.03 Å². The number of nitrogens with zero attached hydrogens (tertiary/aromatic N) is 1. The highest BCUT2D eigenvalue weighted by atomic mass is 16.2. The molecule has 23 heavy (non-hydrogen) atoms. The van der Waals surface area contributed by atoms with Crippen LogP contribution in [0.1, 0.15) is 29.5 Å². The van der Waals surface area contributed by atoms with E-state index in [2.05, 4.69) is 36.5 Å². The second kappa shape index (κ2) is 6.45. The summed E-state index contributed by atoms with van der Waals surface area (Å²) in [4.78, 5) is 14.1. The summed E-state index contributed by atoms with van der Waals surface area (Å²) in [7, 11) is 1.84. The Morgan fingerprint density at radius 3 is 2.35 bits per heavy atom. The van der Waals surface area contributed by atoms with E-state index in [0.29, 0.717) is 13.1 Å². The Hall–Kier alpha value is -2.29. The van der Waals surface area contributed by atoms with Crippen molar-refractivity contribution in [2.75, 3.05) is 13.6 Å². The molecule has 0 saturated heterocycles. The Morgan fingerprint density at radius 2 is 1.74 bits per heavy atom. The molecular formula is C20H24N2O. The van der Waals surface area contributed by atoms with Crippen LogP contribution in [0.3, 0.4) is 0 Å². The number of amides is 2. The van der Waals surface area contributed by atoms with E-state index in [4.69, 9.17) is 0 Å². The highest BCUT2D eigenvalue weighted by Gasteiger charge is 2.44. The number of carbonyl (C=O) groups excluding carboxylic acids is 1. The molecule has 3 heteroatoms. The van der Waals surface area contributed by atoms with Crippen LogP contribution in [0.15, 0.2) is 54.6 Å². The molecule has 2 aromatic rings. The molecule has 0 unspecified atom stereocenters. The predicted octanol–water partition coefficient (Wildman–Crippen LogP) is 3.87. The number of benzene rings is 2. The summed E-state index contributed by atoms with van der Waals surface area (Å²) < 4.78 is 0. The molecule has 0 radical (unpaired) electrons. The monoisotopic (exact) mass is 308 g/mol. The summed E-state index contributed by atoms with van der Waals surface area (Å²) in [6.07, 6.45) is 2.30. The Morgan fingerprint density at radius 1 is 1.09 bits per heavy atom. The first-order chi connectivity index (χ1) is 11.1. The van der Waals surface area contributed by atoms with Crippen LogP contribution in [0, 0.1) is 6.92 Å². The van der Waals surface area contributed by atoms with Gasteiger partial charge in [-0.1, -0.05) is 60.2 Å². The van der Waals surface area contributed by atoms with Crippen molar-refractivity contribution < 1.29 is 4.79 Å². The maximum Gasteiger partial charge on any atom is 0.317 e. The predicted molar refractivity (Wildman–Crippen MR) is 93.4 cm³/mol. The van der Waals surface area contributed by atoms with Crippen LogP contribution >= 0.6 is 0 Å². The molecule has 1 aliphatic carbocycles. The summed E-state index contributed by atoms with van der Waals surface area (Å²) in [6, 6.07) is 18.8. The van der Waals surface area contributed by atoms with Gasteiger partial charge in [-0.2, -0.15) is 0 Å². The van der Waals surface area contributed by atoms with Crippen molar-refractivity contribution in [1.82, 2.24) is 10.2 Å². The SMILES string of the molecule is Cc1ccc(C2(CNC(=O)N(C)Cc3ccccc3)CC2)cc1. The van der Waals surface area contributed by atoms with Crippen LogP contribution in [0.5, 0.6) is 0 Å². The Kier molecular flexibility index (Phi) is 4.37.